The molecule has 0 heterocycles. The zero-order valence-corrected chi connectivity index (χ0v) is 7.64. The van der Waals surface area contributed by atoms with Crippen molar-refractivity contribution in [3.05, 3.63) is 0 Å². The van der Waals surface area contributed by atoms with Crippen LogP contribution in [0.25, 0.3) is 0 Å². The zero-order chi connectivity index (χ0) is 15.2. The first-order chi connectivity index (χ1) is 7.60. The number of carbonyl (C=O) groups excluding carboxylic acids is 1. The Morgan fingerprint density at radius 2 is 0.889 bits per heavy atom. The highest BCUT2D eigenvalue weighted by Crippen LogP contribution is 2.60. The molecule has 0 aliphatic heterocycles. The van der Waals surface area contributed by atoms with Crippen molar-refractivity contribution >= 4 is 5.78 Å². The summed E-state index contributed by atoms with van der Waals surface area (Å²) in [5.74, 6) is -4.31. The molecule has 0 radical (unpaired) electrons. The van der Waals surface area contributed by atoms with E-state index in [1.165, 1.54) is 0 Å². The van der Waals surface area contributed by atoms with Crippen LogP contribution in [0.15, 0.2) is 0 Å². The summed E-state index contributed by atoms with van der Waals surface area (Å²) in [5.41, 5.74) is -7.10. The van der Waals surface area contributed by atoms with Gasteiger partial charge in [-0.3, -0.25) is 4.79 Å². The number of halogens is 11. The second kappa shape index (κ2) is 4.23. The highest BCUT2D eigenvalue weighted by Gasteiger charge is 2.88. The molecule has 0 rings (SSSR count). The Balaban J connectivity index is 6.37. The molecule has 0 aromatic heterocycles. The van der Waals surface area contributed by atoms with Crippen LogP contribution in [0.1, 0.15) is 0 Å². The molecule has 0 aromatic rings. The standard InChI is InChI=1S/C6HF11O/c7-2(8)1(18)3(4(9,10)11,5(12,13)14)6(15,16)17/h2H. The van der Waals surface area contributed by atoms with E-state index in [1.807, 2.05) is 0 Å². The van der Waals surface area contributed by atoms with Gasteiger partial charge in [-0.15, -0.1) is 0 Å². The Labute approximate surface area is 90.5 Å². The molecule has 0 amide bonds. The first kappa shape index (κ1) is 16.9. The lowest BCUT2D eigenvalue weighted by Gasteiger charge is -2.36. The van der Waals surface area contributed by atoms with E-state index in [2.05, 4.69) is 0 Å². The maximum atomic E-state index is 12.0. The van der Waals surface area contributed by atoms with Gasteiger partial charge in [0, 0.05) is 0 Å². The van der Waals surface area contributed by atoms with E-state index >= 15 is 0 Å². The van der Waals surface area contributed by atoms with Gasteiger partial charge >= 0.3 is 23.9 Å². The zero-order valence-electron chi connectivity index (χ0n) is 7.64. The smallest absolute Gasteiger partial charge is 0.291 e. The van der Waals surface area contributed by atoms with E-state index < -0.39 is 36.2 Å². The molecule has 0 unspecified atom stereocenters. The van der Waals surface area contributed by atoms with E-state index in [9.17, 15) is 53.1 Å². The van der Waals surface area contributed by atoms with Crippen LogP contribution in [0.3, 0.4) is 0 Å². The minimum Gasteiger partial charge on any atom is -0.291 e. The van der Waals surface area contributed by atoms with Crippen molar-refractivity contribution in [1.82, 2.24) is 0 Å². The van der Waals surface area contributed by atoms with Gasteiger partial charge in [0.15, 0.2) is 0 Å². The third-order valence-electron chi connectivity index (χ3n) is 1.84. The molecule has 12 heteroatoms. The van der Waals surface area contributed by atoms with Crippen molar-refractivity contribution in [3.63, 3.8) is 0 Å². The van der Waals surface area contributed by atoms with Crippen LogP contribution >= 0.6 is 0 Å². The van der Waals surface area contributed by atoms with E-state index in [0.29, 0.717) is 0 Å². The molecule has 1 nitrogen and oxygen atoms in total. The van der Waals surface area contributed by atoms with E-state index in [-0.39, 0.29) is 0 Å². The molecule has 0 saturated carbocycles. The summed E-state index contributed by atoms with van der Waals surface area (Å²) in [5, 5.41) is 0. The number of carbonyl (C=O) groups is 1. The maximum Gasteiger partial charge on any atom is 0.419 e. The molecule has 0 atom stereocenters. The first-order valence-electron chi connectivity index (χ1n) is 3.63. The highest BCUT2D eigenvalue weighted by atomic mass is 19.4. The predicted octanol–water partition coefficient (Wildman–Crippen LogP) is 3.49. The molecule has 0 fully saturated rings. The summed E-state index contributed by atoms with van der Waals surface area (Å²) in [6.07, 6.45) is -27.0. The summed E-state index contributed by atoms with van der Waals surface area (Å²) in [4.78, 5) is 10.2. The molecule has 0 aliphatic rings. The van der Waals surface area contributed by atoms with Gasteiger partial charge in [0.1, 0.15) is 0 Å². The lowest BCUT2D eigenvalue weighted by Crippen LogP contribution is -2.65. The SMILES string of the molecule is O=C(C(F)F)C(C(F)(F)F)(C(F)(F)F)C(F)(F)F. The number of Topliss-reactive ketones (excluding diaryl/α,β-unsaturated/α-hetero) is 1. The van der Waals surface area contributed by atoms with E-state index in [4.69, 9.17) is 0 Å². The fourth-order valence-corrected chi connectivity index (χ4v) is 1.06. The third-order valence-corrected chi connectivity index (χ3v) is 1.84. The van der Waals surface area contributed by atoms with Crippen LogP contribution < -0.4 is 0 Å². The third kappa shape index (κ3) is 2.23. The summed E-state index contributed by atoms with van der Waals surface area (Å²) in [7, 11) is 0. The summed E-state index contributed by atoms with van der Waals surface area (Å²) in [6.45, 7) is 0. The van der Waals surface area contributed by atoms with Gasteiger partial charge in [-0.25, -0.2) is 8.78 Å². The fraction of sp³-hybridized carbons (Fsp3) is 0.833. The topological polar surface area (TPSA) is 17.1 Å². The monoisotopic (exact) mass is 298 g/mol. The molecule has 0 saturated heterocycles. The number of ketones is 1. The minimum absolute atomic E-state index is 4.31. The van der Waals surface area contributed by atoms with E-state index in [0.717, 1.165) is 0 Å². The van der Waals surface area contributed by atoms with E-state index in [1.54, 1.807) is 0 Å². The van der Waals surface area contributed by atoms with Crippen LogP contribution in [0.4, 0.5) is 48.3 Å². The Morgan fingerprint density at radius 3 is 0.944 bits per heavy atom. The van der Waals surface area contributed by atoms with Gasteiger partial charge < -0.3 is 0 Å². The molecule has 0 bridgehead atoms. The van der Waals surface area contributed by atoms with Gasteiger partial charge in [-0.1, -0.05) is 0 Å². The highest BCUT2D eigenvalue weighted by molar-refractivity contribution is 5.90. The second-order valence-corrected chi connectivity index (χ2v) is 2.91. The molecule has 0 N–H and O–H groups in total. The largest absolute Gasteiger partial charge is 0.419 e. The van der Waals surface area contributed by atoms with Gasteiger partial charge in [-0.05, 0) is 0 Å². The van der Waals surface area contributed by atoms with Gasteiger partial charge in [0.05, 0.1) is 0 Å². The fourth-order valence-electron chi connectivity index (χ4n) is 1.06. The van der Waals surface area contributed by atoms with Crippen LogP contribution in [0.2, 0.25) is 0 Å². The molecule has 0 aliphatic carbocycles. The minimum atomic E-state index is -7.29. The Morgan fingerprint density at radius 1 is 0.667 bits per heavy atom. The van der Waals surface area contributed by atoms with Gasteiger partial charge in [0.25, 0.3) is 6.43 Å². The number of hydrogen-bond donors (Lipinski definition) is 0. The summed E-state index contributed by atoms with van der Waals surface area (Å²) in [6, 6.07) is 0. The molecule has 0 spiro atoms. The van der Waals surface area contributed by atoms with Crippen LogP contribution in [-0.2, 0) is 4.79 Å². The number of alkyl halides is 11. The van der Waals surface area contributed by atoms with Crippen molar-refractivity contribution in [1.29, 1.82) is 0 Å². The van der Waals surface area contributed by atoms with Crippen LogP contribution in [0.5, 0.6) is 0 Å². The quantitative estimate of drug-likeness (QED) is 0.713. The van der Waals surface area contributed by atoms with Gasteiger partial charge in [-0.2, -0.15) is 39.5 Å². The first-order valence-corrected chi connectivity index (χ1v) is 3.63. The second-order valence-electron chi connectivity index (χ2n) is 2.91. The van der Waals surface area contributed by atoms with Crippen molar-refractivity contribution in [2.24, 2.45) is 5.41 Å². The molecule has 108 valence electrons. The van der Waals surface area contributed by atoms with Crippen molar-refractivity contribution in [2.75, 3.05) is 0 Å². The normalized spacial score (nSPS) is 15.1. The maximum absolute atomic E-state index is 12.0. The molecule has 0 aromatic carbocycles. The predicted molar refractivity (Wildman–Crippen MR) is 31.6 cm³/mol. The van der Waals surface area contributed by atoms with Crippen molar-refractivity contribution < 1.29 is 53.1 Å². The number of hydrogen-bond acceptors (Lipinski definition) is 1. The van der Waals surface area contributed by atoms with Crippen molar-refractivity contribution in [2.45, 2.75) is 25.0 Å². The average Bonchev–Trinajstić information content (AvgIpc) is 1.94. The lowest BCUT2D eigenvalue weighted by molar-refractivity contribution is -0.408. The van der Waals surface area contributed by atoms with Gasteiger partial charge in [0.2, 0.25) is 5.78 Å². The molecule has 18 heavy (non-hydrogen) atoms. The molecular formula is C6HF11O. The Hall–Kier alpha value is -1.10. The lowest BCUT2D eigenvalue weighted by atomic mass is 9.80. The Bertz CT molecular complexity index is 282. The summed E-state index contributed by atoms with van der Waals surface area (Å²) >= 11 is 0. The average molecular weight is 298 g/mol. The van der Waals surface area contributed by atoms with Crippen LogP contribution in [0, 0.1) is 5.41 Å². The number of rotatable bonds is 2. The summed E-state index contributed by atoms with van der Waals surface area (Å²) < 4.78 is 131. The van der Waals surface area contributed by atoms with Crippen molar-refractivity contribution in [3.8, 4) is 0 Å². The van der Waals surface area contributed by atoms with Crippen LogP contribution in [-0.4, -0.2) is 30.7 Å². The Kier molecular flexibility index (Phi) is 3.97. The molecular weight excluding hydrogens is 297 g/mol.